The Hall–Kier alpha value is -0.340. The van der Waals surface area contributed by atoms with Crippen LogP contribution in [0.5, 0.6) is 0 Å². The van der Waals surface area contributed by atoms with Crippen LogP contribution in [0.4, 0.5) is 0 Å². The van der Waals surface area contributed by atoms with Gasteiger partial charge in [-0.3, -0.25) is 4.79 Å². The molecule has 0 aliphatic heterocycles. The Kier molecular flexibility index (Phi) is 5.26. The van der Waals surface area contributed by atoms with Crippen molar-refractivity contribution < 1.29 is 4.79 Å². The summed E-state index contributed by atoms with van der Waals surface area (Å²) >= 11 is 0. The highest BCUT2D eigenvalue weighted by Gasteiger charge is 2.07. The lowest BCUT2D eigenvalue weighted by atomic mass is 10.0. The van der Waals surface area contributed by atoms with Gasteiger partial charge in [-0.15, -0.1) is 21.1 Å². The van der Waals surface area contributed by atoms with E-state index < -0.39 is 0 Å². The highest BCUT2D eigenvalue weighted by Crippen LogP contribution is 2.03. The van der Waals surface area contributed by atoms with E-state index >= 15 is 0 Å². The third-order valence-corrected chi connectivity index (χ3v) is 1.74. The van der Waals surface area contributed by atoms with E-state index in [2.05, 4.69) is 21.1 Å². The van der Waals surface area contributed by atoms with Crippen LogP contribution in [0.2, 0.25) is 0 Å². The fraction of sp³-hybridized carbons (Fsp3) is 0.625. The van der Waals surface area contributed by atoms with Crippen molar-refractivity contribution in [2.45, 2.75) is 20.3 Å². The first-order valence-electron chi connectivity index (χ1n) is 3.34. The van der Waals surface area contributed by atoms with Gasteiger partial charge < -0.3 is 0 Å². The van der Waals surface area contributed by atoms with Gasteiger partial charge in [-0.05, 0) is 6.92 Å². The molecule has 0 N–H and O–H groups in total. The zero-order valence-corrected chi connectivity index (χ0v) is 7.63. The Morgan fingerprint density at radius 1 is 1.70 bits per heavy atom. The maximum absolute atomic E-state index is 10.9. The molecule has 0 heterocycles. The monoisotopic (exact) mass is 156 g/mol. The van der Waals surface area contributed by atoms with E-state index in [0.717, 1.165) is 0 Å². The Labute approximate surface area is 64.8 Å². The molecular weight excluding hydrogens is 143 g/mol. The predicted octanol–water partition coefficient (Wildman–Crippen LogP) is 1.48. The summed E-state index contributed by atoms with van der Waals surface area (Å²) in [7, 11) is 2.43. The van der Waals surface area contributed by atoms with E-state index in [1.807, 2.05) is 6.92 Å². The summed E-state index contributed by atoms with van der Waals surface area (Å²) in [6.45, 7) is 3.70. The number of ketones is 1. The normalized spacial score (nSPS) is 11.5. The number of carbonyl (C=O) groups excluding carboxylic acids is 1. The molecule has 56 valence electrons. The van der Waals surface area contributed by atoms with Crippen LogP contribution >= 0.6 is 9.24 Å². The number of Topliss-reactive ketones (excluding diaryl/α,β-unsaturated/α-hetero) is 1. The first-order valence-corrected chi connectivity index (χ1v) is 4.16. The quantitative estimate of drug-likeness (QED) is 0.447. The summed E-state index contributed by atoms with van der Waals surface area (Å²) in [6, 6.07) is 0. The molecule has 0 aliphatic rings. The van der Waals surface area contributed by atoms with Crippen molar-refractivity contribution in [1.82, 2.24) is 0 Å². The minimum atomic E-state index is 0.102. The van der Waals surface area contributed by atoms with Crippen molar-refractivity contribution in [3.05, 3.63) is 0 Å². The maximum Gasteiger partial charge on any atom is 0.140 e. The van der Waals surface area contributed by atoms with Crippen molar-refractivity contribution in [2.75, 3.05) is 6.16 Å². The molecule has 0 rings (SSSR count). The van der Waals surface area contributed by atoms with Crippen LogP contribution in [0.25, 0.3) is 0 Å². The van der Waals surface area contributed by atoms with Gasteiger partial charge in [0, 0.05) is 18.5 Å². The molecule has 0 fully saturated rings. The van der Waals surface area contributed by atoms with Gasteiger partial charge >= 0.3 is 0 Å². The summed E-state index contributed by atoms with van der Waals surface area (Å²) in [6.07, 6.45) is 1.25. The van der Waals surface area contributed by atoms with Crippen LogP contribution < -0.4 is 0 Å². The smallest absolute Gasteiger partial charge is 0.140 e. The molecule has 0 aliphatic carbocycles. The molecule has 0 radical (unpaired) electrons. The van der Waals surface area contributed by atoms with E-state index in [-0.39, 0.29) is 11.7 Å². The summed E-state index contributed by atoms with van der Waals surface area (Å²) in [5.41, 5.74) is 0. The molecule has 1 nitrogen and oxygen atoms in total. The Balaban J connectivity index is 3.69. The van der Waals surface area contributed by atoms with Crippen molar-refractivity contribution in [2.24, 2.45) is 5.92 Å². The van der Waals surface area contributed by atoms with Gasteiger partial charge in [-0.25, -0.2) is 0 Å². The van der Waals surface area contributed by atoms with E-state index in [1.165, 1.54) is 0 Å². The van der Waals surface area contributed by atoms with E-state index in [0.29, 0.717) is 12.6 Å². The predicted molar refractivity (Wildman–Crippen MR) is 46.8 cm³/mol. The Morgan fingerprint density at radius 3 is 2.70 bits per heavy atom. The summed E-state index contributed by atoms with van der Waals surface area (Å²) < 4.78 is 0. The molecule has 10 heavy (non-hydrogen) atoms. The molecule has 0 aromatic heterocycles. The minimum Gasteiger partial charge on any atom is -0.299 e. The fourth-order valence-corrected chi connectivity index (χ4v) is 0.973. The van der Waals surface area contributed by atoms with Crippen LogP contribution in [0.3, 0.4) is 0 Å². The van der Waals surface area contributed by atoms with Crippen molar-refractivity contribution in [3.63, 3.8) is 0 Å². The van der Waals surface area contributed by atoms with Gasteiger partial charge in [0.25, 0.3) is 0 Å². The second-order valence-electron chi connectivity index (χ2n) is 2.20. The number of carbonyl (C=O) groups is 1. The molecular formula is C8H13OP. The number of hydrogen-bond donors (Lipinski definition) is 0. The molecule has 0 saturated carbocycles. The highest BCUT2D eigenvalue weighted by molar-refractivity contribution is 7.18. The van der Waals surface area contributed by atoms with Gasteiger partial charge in [0.1, 0.15) is 5.78 Å². The second kappa shape index (κ2) is 5.45. The average molecular weight is 156 g/mol. The van der Waals surface area contributed by atoms with E-state index in [4.69, 9.17) is 0 Å². The second-order valence-corrected chi connectivity index (χ2v) is 2.61. The first-order chi connectivity index (χ1) is 4.72. The SMILES string of the molecule is CC#CCC(C)C(=O)CP. The molecule has 2 atom stereocenters. The van der Waals surface area contributed by atoms with Crippen LogP contribution in [-0.4, -0.2) is 11.9 Å². The Bertz CT molecular complexity index is 164. The van der Waals surface area contributed by atoms with E-state index in [9.17, 15) is 4.79 Å². The number of rotatable bonds is 3. The Morgan fingerprint density at radius 2 is 2.30 bits per heavy atom. The molecule has 0 spiro atoms. The van der Waals surface area contributed by atoms with Gasteiger partial charge in [0.05, 0.1) is 0 Å². The van der Waals surface area contributed by atoms with Crippen molar-refractivity contribution in [3.8, 4) is 11.8 Å². The average Bonchev–Trinajstić information content (AvgIpc) is 1.98. The lowest BCUT2D eigenvalue weighted by Crippen LogP contribution is -2.10. The molecule has 0 aromatic carbocycles. The maximum atomic E-state index is 10.9. The van der Waals surface area contributed by atoms with E-state index in [1.54, 1.807) is 6.92 Å². The molecule has 2 unspecified atom stereocenters. The van der Waals surface area contributed by atoms with Crippen molar-refractivity contribution >= 4 is 15.0 Å². The molecule has 0 bridgehead atoms. The minimum absolute atomic E-state index is 0.102. The zero-order valence-electron chi connectivity index (χ0n) is 6.48. The van der Waals surface area contributed by atoms with Crippen LogP contribution in [0.15, 0.2) is 0 Å². The van der Waals surface area contributed by atoms with Gasteiger partial charge in [0.15, 0.2) is 0 Å². The zero-order chi connectivity index (χ0) is 7.98. The van der Waals surface area contributed by atoms with Gasteiger partial charge in [-0.1, -0.05) is 6.92 Å². The largest absolute Gasteiger partial charge is 0.299 e. The first kappa shape index (κ1) is 9.66. The lowest BCUT2D eigenvalue weighted by molar-refractivity contribution is -0.119. The topological polar surface area (TPSA) is 17.1 Å². The molecule has 0 aromatic rings. The summed E-state index contributed by atoms with van der Waals surface area (Å²) in [5.74, 6) is 6.02. The third kappa shape index (κ3) is 3.64. The van der Waals surface area contributed by atoms with Gasteiger partial charge in [-0.2, -0.15) is 0 Å². The highest BCUT2D eigenvalue weighted by atomic mass is 31.0. The summed E-state index contributed by atoms with van der Waals surface area (Å²) in [5, 5.41) is 0. The summed E-state index contributed by atoms with van der Waals surface area (Å²) in [4.78, 5) is 10.9. The molecule has 2 heteroatoms. The van der Waals surface area contributed by atoms with Crippen LogP contribution in [0.1, 0.15) is 20.3 Å². The molecule has 0 amide bonds. The van der Waals surface area contributed by atoms with Crippen LogP contribution in [-0.2, 0) is 4.79 Å². The van der Waals surface area contributed by atoms with Gasteiger partial charge in [0.2, 0.25) is 0 Å². The fourth-order valence-electron chi connectivity index (χ4n) is 0.570. The van der Waals surface area contributed by atoms with Crippen molar-refractivity contribution in [1.29, 1.82) is 0 Å². The number of hydrogen-bond acceptors (Lipinski definition) is 1. The standard InChI is InChI=1S/C8H13OP/c1-3-4-5-7(2)8(9)6-10/h7H,5-6,10H2,1-2H3. The lowest BCUT2D eigenvalue weighted by Gasteiger charge is -2.01. The molecule has 0 saturated heterocycles. The van der Waals surface area contributed by atoms with Crippen LogP contribution in [0, 0.1) is 17.8 Å². The third-order valence-electron chi connectivity index (χ3n) is 1.34.